The van der Waals surface area contributed by atoms with Crippen LogP contribution in [0, 0.1) is 27.7 Å². The largest absolute Gasteiger partial charge is 0.220 e. The number of benzene rings is 2. The molecular weight excluding hydrogens is 316 g/mol. The summed E-state index contributed by atoms with van der Waals surface area (Å²) >= 11 is 0. The summed E-state index contributed by atoms with van der Waals surface area (Å²) in [7, 11) is 0. The van der Waals surface area contributed by atoms with Gasteiger partial charge in [-0.1, -0.05) is 24.3 Å². The summed E-state index contributed by atoms with van der Waals surface area (Å²) in [6, 6.07) is 23.7. The average molecular weight is 340 g/mol. The van der Waals surface area contributed by atoms with E-state index in [0.717, 1.165) is 0 Å². The smallest absolute Gasteiger partial charge is 0.164 e. The molecule has 0 atom stereocenters. The number of aromatic nitrogens is 2. The van der Waals surface area contributed by atoms with Crippen LogP contribution in [0.2, 0.25) is 0 Å². The average Bonchev–Trinajstić information content (AvgIpc) is 2.64. The fourth-order valence-electron chi connectivity index (χ4n) is 3.91. The number of nitrogens with zero attached hydrogens (tertiary/aromatic N) is 2. The Morgan fingerprint density at radius 1 is 0.654 bits per heavy atom. The first-order valence-corrected chi connectivity index (χ1v) is 9.06. The number of pyridine rings is 2. The Kier molecular flexibility index (Phi) is 4.04. The molecule has 0 N–H and O–H groups in total. The Balaban J connectivity index is 2.00. The van der Waals surface area contributed by atoms with Gasteiger partial charge in [-0.15, -0.1) is 0 Å². The van der Waals surface area contributed by atoms with E-state index in [1.807, 2.05) is 0 Å². The van der Waals surface area contributed by atoms with Crippen LogP contribution in [0.15, 0.2) is 72.9 Å². The molecule has 0 aliphatic carbocycles. The maximum absolute atomic E-state index is 2.38. The molecule has 128 valence electrons. The van der Waals surface area contributed by atoms with Gasteiger partial charge in [0.15, 0.2) is 23.3 Å². The number of hydrogen-bond donors (Lipinski definition) is 0. The highest BCUT2D eigenvalue weighted by Crippen LogP contribution is 2.21. The summed E-state index contributed by atoms with van der Waals surface area (Å²) in [5.41, 5.74) is 7.48. The van der Waals surface area contributed by atoms with Crippen LogP contribution >= 0.6 is 0 Å². The van der Waals surface area contributed by atoms with Crippen molar-refractivity contribution in [2.45, 2.75) is 27.7 Å². The second-order valence-corrected chi connectivity index (χ2v) is 6.93. The molecule has 4 rings (SSSR count). The van der Waals surface area contributed by atoms with Crippen molar-refractivity contribution in [3.63, 3.8) is 0 Å². The van der Waals surface area contributed by atoms with Crippen molar-refractivity contribution in [2.24, 2.45) is 0 Å². The van der Waals surface area contributed by atoms with Crippen LogP contribution < -0.4 is 9.13 Å². The predicted molar refractivity (Wildman–Crippen MR) is 106 cm³/mol. The Bertz CT molecular complexity index is 1130. The van der Waals surface area contributed by atoms with E-state index < -0.39 is 0 Å². The summed E-state index contributed by atoms with van der Waals surface area (Å²) in [5, 5.41) is 2.59. The zero-order valence-corrected chi connectivity index (χ0v) is 15.8. The van der Waals surface area contributed by atoms with Gasteiger partial charge in [-0.25, -0.2) is 0 Å². The minimum atomic E-state index is 1.22. The molecule has 2 nitrogen and oxygen atoms in total. The van der Waals surface area contributed by atoms with E-state index in [0.29, 0.717) is 0 Å². The quantitative estimate of drug-likeness (QED) is 0.470. The molecule has 0 aliphatic rings. The molecule has 4 aromatic rings. The second kappa shape index (κ2) is 6.38. The lowest BCUT2D eigenvalue weighted by atomic mass is 10.1. The van der Waals surface area contributed by atoms with E-state index in [-0.39, 0.29) is 0 Å². The van der Waals surface area contributed by atoms with E-state index in [2.05, 4.69) is 110 Å². The normalized spacial score (nSPS) is 11.1. The number of fused-ring (bicyclic) bond motifs is 1. The van der Waals surface area contributed by atoms with Gasteiger partial charge in [-0.05, 0) is 24.4 Å². The highest BCUT2D eigenvalue weighted by molar-refractivity contribution is 5.83. The van der Waals surface area contributed by atoms with Gasteiger partial charge in [0.1, 0.15) is 0 Å². The molecule has 0 bridgehead atoms. The van der Waals surface area contributed by atoms with E-state index >= 15 is 0 Å². The molecule has 0 aliphatic heterocycles. The van der Waals surface area contributed by atoms with Crippen LogP contribution in [0.4, 0.5) is 0 Å². The third-order valence-electron chi connectivity index (χ3n) is 5.24. The molecule has 0 saturated heterocycles. The van der Waals surface area contributed by atoms with Gasteiger partial charge in [0.05, 0.1) is 5.56 Å². The van der Waals surface area contributed by atoms with Crippen LogP contribution in [-0.2, 0) is 0 Å². The van der Waals surface area contributed by atoms with Crippen LogP contribution in [0.5, 0.6) is 0 Å². The highest BCUT2D eigenvalue weighted by Gasteiger charge is 2.24. The minimum Gasteiger partial charge on any atom is -0.164 e. The van der Waals surface area contributed by atoms with Crippen molar-refractivity contribution in [3.8, 4) is 11.4 Å². The molecule has 2 aromatic heterocycles. The summed E-state index contributed by atoms with van der Waals surface area (Å²) in [5.74, 6) is 0. The minimum absolute atomic E-state index is 1.22. The van der Waals surface area contributed by atoms with Crippen molar-refractivity contribution in [1.29, 1.82) is 0 Å². The Morgan fingerprint density at radius 2 is 1.38 bits per heavy atom. The molecule has 0 radical (unpaired) electrons. The number of aryl methyl sites for hydroxylation is 3. The Morgan fingerprint density at radius 3 is 2.19 bits per heavy atom. The van der Waals surface area contributed by atoms with Gasteiger partial charge in [0.2, 0.25) is 11.4 Å². The van der Waals surface area contributed by atoms with E-state index in [1.54, 1.807) is 0 Å². The van der Waals surface area contributed by atoms with Crippen molar-refractivity contribution in [2.75, 3.05) is 0 Å². The lowest BCUT2D eigenvalue weighted by Gasteiger charge is -2.10. The molecule has 2 heteroatoms. The zero-order valence-electron chi connectivity index (χ0n) is 15.8. The summed E-state index contributed by atoms with van der Waals surface area (Å²) in [4.78, 5) is 0. The van der Waals surface area contributed by atoms with Crippen molar-refractivity contribution < 1.29 is 9.13 Å². The standard InChI is InChI=1S/C24H24N2/c1-17-10-7-8-15-25(17)23-13-9-14-24(19(23)3)26-18(2)16-21-11-5-6-12-22(21)20(26)4/h5-16H,1-4H3/q+2. The molecule has 2 aromatic carbocycles. The Labute approximate surface area is 155 Å². The first kappa shape index (κ1) is 16.5. The van der Waals surface area contributed by atoms with Gasteiger partial charge in [-0.3, -0.25) is 0 Å². The first-order chi connectivity index (χ1) is 12.6. The molecule has 0 spiro atoms. The lowest BCUT2D eigenvalue weighted by Crippen LogP contribution is -2.41. The van der Waals surface area contributed by atoms with Gasteiger partial charge < -0.3 is 0 Å². The topological polar surface area (TPSA) is 7.76 Å². The van der Waals surface area contributed by atoms with Crippen LogP contribution in [0.1, 0.15) is 22.6 Å². The number of rotatable bonds is 2. The van der Waals surface area contributed by atoms with Gasteiger partial charge in [0, 0.05) is 56.5 Å². The van der Waals surface area contributed by atoms with E-state index in [1.165, 1.54) is 44.8 Å². The second-order valence-electron chi connectivity index (χ2n) is 6.93. The molecule has 2 heterocycles. The highest BCUT2D eigenvalue weighted by atomic mass is 15.0. The van der Waals surface area contributed by atoms with Gasteiger partial charge in [0.25, 0.3) is 0 Å². The summed E-state index contributed by atoms with van der Waals surface area (Å²) in [6.45, 7) is 8.76. The molecule has 0 unspecified atom stereocenters. The molecule has 0 amide bonds. The fraction of sp³-hybridized carbons (Fsp3) is 0.167. The lowest BCUT2D eigenvalue weighted by molar-refractivity contribution is -0.614. The monoisotopic (exact) mass is 340 g/mol. The molecular formula is C24H24N2+2. The van der Waals surface area contributed by atoms with E-state index in [4.69, 9.17) is 0 Å². The van der Waals surface area contributed by atoms with Crippen LogP contribution in [-0.4, -0.2) is 0 Å². The van der Waals surface area contributed by atoms with Crippen molar-refractivity contribution in [1.82, 2.24) is 0 Å². The third-order valence-corrected chi connectivity index (χ3v) is 5.24. The van der Waals surface area contributed by atoms with Crippen molar-refractivity contribution in [3.05, 3.63) is 95.6 Å². The predicted octanol–water partition coefficient (Wildman–Crippen LogP) is 4.63. The zero-order chi connectivity index (χ0) is 18.3. The Hall–Kier alpha value is -3.00. The van der Waals surface area contributed by atoms with Crippen LogP contribution in [0.3, 0.4) is 0 Å². The maximum atomic E-state index is 2.38. The first-order valence-electron chi connectivity index (χ1n) is 9.06. The summed E-state index contributed by atoms with van der Waals surface area (Å²) < 4.78 is 4.63. The fourth-order valence-corrected chi connectivity index (χ4v) is 3.91. The van der Waals surface area contributed by atoms with E-state index in [9.17, 15) is 0 Å². The molecule has 0 fully saturated rings. The van der Waals surface area contributed by atoms with Crippen LogP contribution in [0.25, 0.3) is 22.1 Å². The number of hydrogen-bond acceptors (Lipinski definition) is 0. The van der Waals surface area contributed by atoms with Crippen molar-refractivity contribution >= 4 is 10.8 Å². The van der Waals surface area contributed by atoms with Gasteiger partial charge in [-0.2, -0.15) is 9.13 Å². The third kappa shape index (κ3) is 2.59. The maximum Gasteiger partial charge on any atom is 0.220 e. The SMILES string of the molecule is Cc1c(-[n+]2ccccc2C)cccc1-[n+]1c(C)cc2ccccc2c1C. The summed E-state index contributed by atoms with van der Waals surface area (Å²) in [6.07, 6.45) is 2.13. The van der Waals surface area contributed by atoms with Gasteiger partial charge >= 0.3 is 0 Å². The molecule has 26 heavy (non-hydrogen) atoms. The molecule has 0 saturated carbocycles.